The summed E-state index contributed by atoms with van der Waals surface area (Å²) < 4.78 is 34.6. The molecule has 0 unspecified atom stereocenters. The highest BCUT2D eigenvalue weighted by Crippen LogP contribution is 2.31. The van der Waals surface area contributed by atoms with Crippen LogP contribution in [0, 0.1) is 0 Å². The van der Waals surface area contributed by atoms with E-state index in [0.717, 1.165) is 0 Å². The monoisotopic (exact) mass is 443 g/mol. The number of carbonyl (C=O) groups is 1. The van der Waals surface area contributed by atoms with E-state index in [9.17, 15) is 23.1 Å². The average Bonchev–Trinajstić information content (AvgIpc) is 3.11. The third kappa shape index (κ3) is 4.41. The number of hydrogen-bond acceptors (Lipinski definition) is 7. The van der Waals surface area contributed by atoms with E-state index in [1.165, 1.54) is 23.1 Å². The molecule has 0 saturated carbocycles. The predicted molar refractivity (Wildman–Crippen MR) is 115 cm³/mol. The summed E-state index contributed by atoms with van der Waals surface area (Å²) in [4.78, 5) is 26.3. The maximum absolute atomic E-state index is 12.5. The summed E-state index contributed by atoms with van der Waals surface area (Å²) in [5, 5.41) is 10.3. The molecular weight excluding hydrogens is 422 g/mol. The smallest absolute Gasteiger partial charge is 0.260 e. The number of amides is 1. The number of benzene rings is 2. The van der Waals surface area contributed by atoms with Crippen LogP contribution < -0.4 is 10.2 Å². The zero-order chi connectivity index (χ0) is 22.2. The standard InChI is InChI=1S/C22H21NO7S/c1-23(15-7-8-31(27,28)13-15)21(26)12-29-16-9-17(24)22-18(25)11-19(30-20(22)10-16)14-5-3-2-4-6-14/h2-6,9-11,15,24H,7-8,12-13H2,1H3/t15-/m1/s1. The van der Waals surface area contributed by atoms with Gasteiger partial charge in [-0.05, 0) is 6.42 Å². The molecule has 2 heterocycles. The Kier molecular flexibility index (Phi) is 5.45. The number of hydrogen-bond donors (Lipinski definition) is 1. The molecular formula is C22H21NO7S. The molecule has 162 valence electrons. The van der Waals surface area contributed by atoms with Gasteiger partial charge < -0.3 is 19.2 Å². The van der Waals surface area contributed by atoms with E-state index in [-0.39, 0.29) is 52.5 Å². The first kappa shape index (κ1) is 20.9. The fourth-order valence-corrected chi connectivity index (χ4v) is 5.38. The van der Waals surface area contributed by atoms with E-state index in [1.54, 1.807) is 19.2 Å². The van der Waals surface area contributed by atoms with Crippen LogP contribution in [0.1, 0.15) is 6.42 Å². The molecule has 1 aliphatic heterocycles. The first-order valence-corrected chi connectivity index (χ1v) is 11.5. The van der Waals surface area contributed by atoms with E-state index in [1.807, 2.05) is 18.2 Å². The highest BCUT2D eigenvalue weighted by atomic mass is 32.2. The first-order valence-electron chi connectivity index (χ1n) is 9.69. The molecule has 8 nitrogen and oxygen atoms in total. The second-order valence-electron chi connectivity index (χ2n) is 7.51. The van der Waals surface area contributed by atoms with Gasteiger partial charge in [0.15, 0.2) is 21.9 Å². The van der Waals surface area contributed by atoms with Crippen LogP contribution in [-0.2, 0) is 14.6 Å². The average molecular weight is 443 g/mol. The lowest BCUT2D eigenvalue weighted by atomic mass is 10.1. The van der Waals surface area contributed by atoms with Crippen LogP contribution in [0.4, 0.5) is 0 Å². The van der Waals surface area contributed by atoms with Crippen LogP contribution in [0.2, 0.25) is 0 Å². The van der Waals surface area contributed by atoms with Crippen molar-refractivity contribution < 1.29 is 27.5 Å². The Hall–Kier alpha value is -3.33. The normalized spacial score (nSPS) is 17.5. The number of aromatic hydroxyl groups is 1. The van der Waals surface area contributed by atoms with E-state index < -0.39 is 15.3 Å². The molecule has 1 fully saturated rings. The topological polar surface area (TPSA) is 114 Å². The number of ether oxygens (including phenoxy) is 1. The highest BCUT2D eigenvalue weighted by Gasteiger charge is 2.32. The van der Waals surface area contributed by atoms with Gasteiger partial charge in [-0.1, -0.05) is 30.3 Å². The molecule has 0 spiro atoms. The van der Waals surface area contributed by atoms with E-state index in [0.29, 0.717) is 17.7 Å². The lowest BCUT2D eigenvalue weighted by Crippen LogP contribution is -2.40. The van der Waals surface area contributed by atoms with Gasteiger partial charge in [-0.2, -0.15) is 0 Å². The highest BCUT2D eigenvalue weighted by molar-refractivity contribution is 7.91. The van der Waals surface area contributed by atoms with Gasteiger partial charge in [0.1, 0.15) is 28.2 Å². The summed E-state index contributed by atoms with van der Waals surface area (Å²) in [7, 11) is -1.57. The van der Waals surface area contributed by atoms with Gasteiger partial charge in [0, 0.05) is 36.9 Å². The lowest BCUT2D eigenvalue weighted by molar-refractivity contribution is -0.133. The molecule has 9 heteroatoms. The number of phenolic OH excluding ortho intramolecular Hbond substituents is 1. The number of rotatable bonds is 5. The Labute approximate surface area is 178 Å². The van der Waals surface area contributed by atoms with Gasteiger partial charge in [-0.15, -0.1) is 0 Å². The van der Waals surface area contributed by atoms with E-state index in [4.69, 9.17) is 9.15 Å². The molecule has 1 amide bonds. The minimum absolute atomic E-state index is 0.0200. The Bertz CT molecular complexity index is 1300. The maximum atomic E-state index is 12.5. The molecule has 0 bridgehead atoms. The van der Waals surface area contributed by atoms with Gasteiger partial charge in [0.05, 0.1) is 11.5 Å². The molecule has 1 saturated heterocycles. The fourth-order valence-electron chi connectivity index (χ4n) is 3.60. The summed E-state index contributed by atoms with van der Waals surface area (Å²) in [5.74, 6) is -0.201. The molecule has 0 aliphatic carbocycles. The van der Waals surface area contributed by atoms with E-state index in [2.05, 4.69) is 0 Å². The third-order valence-corrected chi connectivity index (χ3v) is 7.10. The van der Waals surface area contributed by atoms with E-state index >= 15 is 0 Å². The Morgan fingerprint density at radius 3 is 2.65 bits per heavy atom. The van der Waals surface area contributed by atoms with Crippen molar-refractivity contribution in [1.29, 1.82) is 0 Å². The van der Waals surface area contributed by atoms with Gasteiger partial charge in [0.2, 0.25) is 0 Å². The number of sulfone groups is 1. The summed E-state index contributed by atoms with van der Waals surface area (Å²) in [6.45, 7) is -0.347. The molecule has 2 aromatic carbocycles. The summed E-state index contributed by atoms with van der Waals surface area (Å²) >= 11 is 0. The van der Waals surface area contributed by atoms with Crippen molar-refractivity contribution in [2.75, 3.05) is 25.2 Å². The second-order valence-corrected chi connectivity index (χ2v) is 9.74. The quantitative estimate of drug-likeness (QED) is 0.643. The SMILES string of the molecule is CN(C(=O)COc1cc(O)c2c(=O)cc(-c3ccccc3)oc2c1)[C@@H]1CCS(=O)(=O)C1. The zero-order valence-corrected chi connectivity index (χ0v) is 17.6. The number of nitrogens with zero attached hydrogens (tertiary/aromatic N) is 1. The van der Waals surface area contributed by atoms with Crippen LogP contribution in [0.15, 0.2) is 57.7 Å². The summed E-state index contributed by atoms with van der Waals surface area (Å²) in [5.41, 5.74) is 0.432. The van der Waals surface area contributed by atoms with Gasteiger partial charge >= 0.3 is 0 Å². The van der Waals surface area contributed by atoms with Crippen molar-refractivity contribution in [1.82, 2.24) is 4.90 Å². The molecule has 1 atom stereocenters. The van der Waals surface area contributed by atoms with Crippen molar-refractivity contribution in [3.05, 3.63) is 58.8 Å². The minimum atomic E-state index is -3.11. The second kappa shape index (κ2) is 8.07. The van der Waals surface area contributed by atoms with Crippen LogP contribution >= 0.6 is 0 Å². The van der Waals surface area contributed by atoms with Crippen molar-refractivity contribution in [2.24, 2.45) is 0 Å². The molecule has 1 aliphatic rings. The van der Waals surface area contributed by atoms with Crippen molar-refractivity contribution in [2.45, 2.75) is 12.5 Å². The molecule has 1 N–H and O–H groups in total. The van der Waals surface area contributed by atoms with Crippen molar-refractivity contribution in [3.8, 4) is 22.8 Å². The fraction of sp³-hybridized carbons (Fsp3) is 0.273. The maximum Gasteiger partial charge on any atom is 0.260 e. The molecule has 4 rings (SSSR count). The third-order valence-electron chi connectivity index (χ3n) is 5.35. The lowest BCUT2D eigenvalue weighted by Gasteiger charge is -2.23. The molecule has 0 radical (unpaired) electrons. The minimum Gasteiger partial charge on any atom is -0.507 e. The molecule has 31 heavy (non-hydrogen) atoms. The van der Waals surface area contributed by atoms with Crippen molar-refractivity contribution >= 4 is 26.7 Å². The predicted octanol–water partition coefficient (Wildman–Crippen LogP) is 2.19. The number of carbonyl (C=O) groups excluding carboxylic acids is 1. The first-order chi connectivity index (χ1) is 14.7. The molecule has 3 aromatic rings. The van der Waals surface area contributed by atoms with Crippen LogP contribution in [0.3, 0.4) is 0 Å². The number of phenols is 1. The van der Waals surface area contributed by atoms with Crippen LogP contribution in [0.5, 0.6) is 11.5 Å². The van der Waals surface area contributed by atoms with Gasteiger partial charge in [-0.3, -0.25) is 9.59 Å². The number of fused-ring (bicyclic) bond motifs is 1. The Balaban J connectivity index is 1.55. The van der Waals surface area contributed by atoms with Crippen LogP contribution in [0.25, 0.3) is 22.3 Å². The zero-order valence-electron chi connectivity index (χ0n) is 16.8. The molecule has 1 aromatic heterocycles. The number of likely N-dealkylation sites (N-methyl/N-ethyl adjacent to an activating group) is 1. The van der Waals surface area contributed by atoms with Crippen LogP contribution in [-0.4, -0.2) is 55.5 Å². The largest absolute Gasteiger partial charge is 0.507 e. The van der Waals surface area contributed by atoms with Gasteiger partial charge in [0.25, 0.3) is 5.91 Å². The summed E-state index contributed by atoms with van der Waals surface area (Å²) in [6, 6.07) is 12.7. The Morgan fingerprint density at radius 1 is 1.23 bits per heavy atom. The Morgan fingerprint density at radius 2 is 1.97 bits per heavy atom. The van der Waals surface area contributed by atoms with Gasteiger partial charge in [-0.25, -0.2) is 8.42 Å². The summed E-state index contributed by atoms with van der Waals surface area (Å²) in [6.07, 6.45) is 0.398. The van der Waals surface area contributed by atoms with Crippen molar-refractivity contribution in [3.63, 3.8) is 0 Å².